The number of aliphatic hydroxyl groups is 2. The number of rotatable bonds is 5. The summed E-state index contributed by atoms with van der Waals surface area (Å²) in [4.78, 5) is 3.98. The van der Waals surface area contributed by atoms with Crippen molar-refractivity contribution < 1.29 is 10.2 Å². The summed E-state index contributed by atoms with van der Waals surface area (Å²) in [5.74, 6) is 0. The minimum absolute atomic E-state index is 0.0498. The minimum atomic E-state index is -0.398. The molecule has 1 atom stereocenters. The molecule has 3 nitrogen and oxygen atoms in total. The Labute approximate surface area is 78.1 Å². The molecule has 0 bridgehead atoms. The highest BCUT2D eigenvalue weighted by molar-refractivity contribution is 5.08. The van der Waals surface area contributed by atoms with E-state index in [0.717, 1.165) is 12.0 Å². The van der Waals surface area contributed by atoms with Crippen LogP contribution in [0, 0.1) is 0 Å². The Bertz CT molecular complexity index is 226. The average Bonchev–Trinajstić information content (AvgIpc) is 2.17. The first-order valence-electron chi connectivity index (χ1n) is 4.50. The molecule has 0 amide bonds. The van der Waals surface area contributed by atoms with Crippen molar-refractivity contribution in [1.82, 2.24) is 4.98 Å². The first-order chi connectivity index (χ1) is 6.33. The highest BCUT2D eigenvalue weighted by atomic mass is 16.3. The molecule has 0 aliphatic carbocycles. The molecule has 0 aliphatic rings. The molecule has 72 valence electrons. The van der Waals surface area contributed by atoms with Crippen molar-refractivity contribution >= 4 is 0 Å². The van der Waals surface area contributed by atoms with Crippen LogP contribution < -0.4 is 0 Å². The Morgan fingerprint density at radius 1 is 1.38 bits per heavy atom. The van der Waals surface area contributed by atoms with Crippen LogP contribution >= 0.6 is 0 Å². The lowest BCUT2D eigenvalue weighted by Crippen LogP contribution is -2.09. The van der Waals surface area contributed by atoms with Crippen LogP contribution in [0.3, 0.4) is 0 Å². The van der Waals surface area contributed by atoms with E-state index >= 15 is 0 Å². The minimum Gasteiger partial charge on any atom is -0.396 e. The number of aliphatic hydroxyl groups excluding tert-OH is 2. The summed E-state index contributed by atoms with van der Waals surface area (Å²) in [6.07, 6.45) is 5.09. The summed E-state index contributed by atoms with van der Waals surface area (Å²) in [6, 6.07) is 3.87. The molecule has 1 aromatic rings. The molecule has 0 aliphatic heterocycles. The number of pyridine rings is 1. The maximum atomic E-state index is 9.33. The van der Waals surface area contributed by atoms with Gasteiger partial charge in [0.05, 0.1) is 6.10 Å². The summed E-state index contributed by atoms with van der Waals surface area (Å²) in [7, 11) is 0. The summed E-state index contributed by atoms with van der Waals surface area (Å²) < 4.78 is 0. The number of aryl methyl sites for hydroxylation is 1. The van der Waals surface area contributed by atoms with E-state index in [-0.39, 0.29) is 6.61 Å². The van der Waals surface area contributed by atoms with Gasteiger partial charge in [0.15, 0.2) is 0 Å². The van der Waals surface area contributed by atoms with E-state index in [0.29, 0.717) is 12.8 Å². The fourth-order valence-corrected chi connectivity index (χ4v) is 1.17. The molecule has 1 unspecified atom stereocenters. The summed E-state index contributed by atoms with van der Waals surface area (Å²) in [5.41, 5.74) is 1.12. The molecule has 1 heterocycles. The molecule has 1 rings (SSSR count). The standard InChI is InChI=1S/C10H15NO2/c12-7-5-10(13)4-3-9-2-1-6-11-8-9/h1-2,6,8,10,12-13H,3-5,7H2. The zero-order chi connectivity index (χ0) is 9.52. The molecule has 3 heteroatoms. The molecular formula is C10H15NO2. The van der Waals surface area contributed by atoms with Gasteiger partial charge in [0.2, 0.25) is 0 Å². The molecule has 2 N–H and O–H groups in total. The monoisotopic (exact) mass is 181 g/mol. The number of aromatic nitrogens is 1. The fraction of sp³-hybridized carbons (Fsp3) is 0.500. The third-order valence-corrected chi connectivity index (χ3v) is 1.95. The fourth-order valence-electron chi connectivity index (χ4n) is 1.17. The first-order valence-corrected chi connectivity index (χ1v) is 4.50. The van der Waals surface area contributed by atoms with Crippen LogP contribution in [0.4, 0.5) is 0 Å². The van der Waals surface area contributed by atoms with Crippen LogP contribution in [-0.2, 0) is 6.42 Å². The van der Waals surface area contributed by atoms with Gasteiger partial charge in [0.25, 0.3) is 0 Å². The van der Waals surface area contributed by atoms with Crippen molar-refractivity contribution in [2.45, 2.75) is 25.4 Å². The Hall–Kier alpha value is -0.930. The van der Waals surface area contributed by atoms with E-state index in [1.54, 1.807) is 12.4 Å². The second-order valence-electron chi connectivity index (χ2n) is 3.07. The van der Waals surface area contributed by atoms with Crippen LogP contribution in [0.1, 0.15) is 18.4 Å². The number of nitrogens with zero attached hydrogens (tertiary/aromatic N) is 1. The van der Waals surface area contributed by atoms with Gasteiger partial charge in [-0.05, 0) is 30.9 Å². The average molecular weight is 181 g/mol. The van der Waals surface area contributed by atoms with Gasteiger partial charge < -0.3 is 10.2 Å². The third kappa shape index (κ3) is 4.01. The maximum Gasteiger partial charge on any atom is 0.0565 e. The highest BCUT2D eigenvalue weighted by Gasteiger charge is 2.02. The van der Waals surface area contributed by atoms with Crippen LogP contribution in [0.25, 0.3) is 0 Å². The van der Waals surface area contributed by atoms with Gasteiger partial charge in [-0.1, -0.05) is 6.07 Å². The van der Waals surface area contributed by atoms with E-state index in [9.17, 15) is 5.11 Å². The van der Waals surface area contributed by atoms with E-state index in [1.165, 1.54) is 0 Å². The van der Waals surface area contributed by atoms with Crippen LogP contribution in [-0.4, -0.2) is 27.9 Å². The van der Waals surface area contributed by atoms with Gasteiger partial charge in [0, 0.05) is 19.0 Å². The predicted octanol–water partition coefficient (Wildman–Crippen LogP) is 0.757. The van der Waals surface area contributed by atoms with Crippen molar-refractivity contribution in [3.63, 3.8) is 0 Å². The predicted molar refractivity (Wildman–Crippen MR) is 50.3 cm³/mol. The molecule has 0 saturated heterocycles. The molecule has 0 saturated carbocycles. The number of hydrogen-bond donors (Lipinski definition) is 2. The Kier molecular flexibility index (Phi) is 4.43. The van der Waals surface area contributed by atoms with E-state index in [4.69, 9.17) is 5.11 Å². The van der Waals surface area contributed by atoms with Crippen molar-refractivity contribution in [2.75, 3.05) is 6.61 Å². The molecule has 0 aromatic carbocycles. The Morgan fingerprint density at radius 2 is 2.23 bits per heavy atom. The molecule has 0 fully saturated rings. The summed E-state index contributed by atoms with van der Waals surface area (Å²) >= 11 is 0. The Balaban J connectivity index is 2.27. The quantitative estimate of drug-likeness (QED) is 0.705. The molecule has 1 aromatic heterocycles. The SMILES string of the molecule is OCCC(O)CCc1cccnc1. The topological polar surface area (TPSA) is 53.4 Å². The van der Waals surface area contributed by atoms with E-state index < -0.39 is 6.10 Å². The van der Waals surface area contributed by atoms with Crippen LogP contribution in [0.2, 0.25) is 0 Å². The van der Waals surface area contributed by atoms with Gasteiger partial charge >= 0.3 is 0 Å². The van der Waals surface area contributed by atoms with Gasteiger partial charge in [-0.15, -0.1) is 0 Å². The van der Waals surface area contributed by atoms with E-state index in [2.05, 4.69) is 4.98 Å². The first kappa shape index (κ1) is 10.2. The summed E-state index contributed by atoms with van der Waals surface area (Å²) in [6.45, 7) is 0.0498. The lowest BCUT2D eigenvalue weighted by atomic mass is 10.1. The van der Waals surface area contributed by atoms with Gasteiger partial charge in [-0.2, -0.15) is 0 Å². The van der Waals surface area contributed by atoms with Crippen molar-refractivity contribution in [1.29, 1.82) is 0 Å². The van der Waals surface area contributed by atoms with Crippen LogP contribution in [0.5, 0.6) is 0 Å². The largest absolute Gasteiger partial charge is 0.396 e. The molecule has 0 radical (unpaired) electrons. The zero-order valence-electron chi connectivity index (χ0n) is 7.56. The highest BCUT2D eigenvalue weighted by Crippen LogP contribution is 2.05. The summed E-state index contributed by atoms with van der Waals surface area (Å²) in [5, 5.41) is 17.9. The van der Waals surface area contributed by atoms with Gasteiger partial charge in [-0.3, -0.25) is 4.98 Å². The van der Waals surface area contributed by atoms with Gasteiger partial charge in [-0.25, -0.2) is 0 Å². The zero-order valence-corrected chi connectivity index (χ0v) is 7.56. The second-order valence-corrected chi connectivity index (χ2v) is 3.07. The molecule has 13 heavy (non-hydrogen) atoms. The third-order valence-electron chi connectivity index (χ3n) is 1.95. The second kappa shape index (κ2) is 5.67. The van der Waals surface area contributed by atoms with Crippen molar-refractivity contribution in [3.8, 4) is 0 Å². The normalized spacial score (nSPS) is 12.8. The smallest absolute Gasteiger partial charge is 0.0565 e. The van der Waals surface area contributed by atoms with Crippen LogP contribution in [0.15, 0.2) is 24.5 Å². The van der Waals surface area contributed by atoms with Gasteiger partial charge in [0.1, 0.15) is 0 Å². The molecule has 0 spiro atoms. The van der Waals surface area contributed by atoms with Crippen molar-refractivity contribution in [3.05, 3.63) is 30.1 Å². The van der Waals surface area contributed by atoms with E-state index in [1.807, 2.05) is 12.1 Å². The molecular weight excluding hydrogens is 166 g/mol. The Morgan fingerprint density at radius 3 is 2.85 bits per heavy atom. The maximum absolute atomic E-state index is 9.33. The lowest BCUT2D eigenvalue weighted by molar-refractivity contribution is 0.125. The van der Waals surface area contributed by atoms with Crippen molar-refractivity contribution in [2.24, 2.45) is 0 Å². The lowest BCUT2D eigenvalue weighted by Gasteiger charge is -2.07. The number of hydrogen-bond acceptors (Lipinski definition) is 3.